The Kier molecular flexibility index (Phi) is 9.49. The molecule has 3 heterocycles. The molecule has 0 spiro atoms. The molecule has 0 radical (unpaired) electrons. The molecule has 0 bridgehead atoms. The van der Waals surface area contributed by atoms with Crippen molar-refractivity contribution in [1.29, 1.82) is 0 Å². The number of likely N-dealkylation sites (tertiary alicyclic amines) is 1. The zero-order valence-electron chi connectivity index (χ0n) is 27.9. The van der Waals surface area contributed by atoms with Gasteiger partial charge >= 0.3 is 12.1 Å². The summed E-state index contributed by atoms with van der Waals surface area (Å²) in [6.07, 6.45) is 2.88. The maximum absolute atomic E-state index is 15.0. The van der Waals surface area contributed by atoms with Gasteiger partial charge in [-0.1, -0.05) is 61.7 Å². The second-order valence-corrected chi connectivity index (χ2v) is 13.7. The number of nitrogens with one attached hydrogen (secondary N) is 1. The van der Waals surface area contributed by atoms with E-state index in [0.717, 1.165) is 35.1 Å². The molecule has 6 rings (SSSR count). The van der Waals surface area contributed by atoms with Crippen LogP contribution >= 0.6 is 0 Å². The first-order valence-corrected chi connectivity index (χ1v) is 16.6. The molecule has 11 nitrogen and oxygen atoms in total. The van der Waals surface area contributed by atoms with Gasteiger partial charge in [0.15, 0.2) is 0 Å². The number of alkyl halides is 1. The highest BCUT2D eigenvalue weighted by molar-refractivity contribution is 6.00. The third kappa shape index (κ3) is 7.33. The minimum absolute atomic E-state index is 0.140. The molecule has 2 amide bonds. The summed E-state index contributed by atoms with van der Waals surface area (Å²) in [5.41, 5.74) is 1.03. The lowest BCUT2D eigenvalue weighted by Crippen LogP contribution is -2.52. The summed E-state index contributed by atoms with van der Waals surface area (Å²) < 4.78 is 27.0. The number of carbonyl (C=O) groups is 4. The van der Waals surface area contributed by atoms with Crippen molar-refractivity contribution in [2.45, 2.75) is 89.1 Å². The number of hydrogen-bond donors (Lipinski definition) is 1. The molecule has 1 aliphatic carbocycles. The highest BCUT2D eigenvalue weighted by Gasteiger charge is 2.49. The van der Waals surface area contributed by atoms with Gasteiger partial charge in [0.05, 0.1) is 29.2 Å². The lowest BCUT2D eigenvalue weighted by Gasteiger charge is -2.40. The monoisotopic (exact) mass is 669 g/mol. The van der Waals surface area contributed by atoms with E-state index in [4.69, 9.17) is 9.47 Å². The molecule has 2 aromatic heterocycles. The van der Waals surface area contributed by atoms with Crippen LogP contribution in [0.5, 0.6) is 0 Å². The largest absolute Gasteiger partial charge is 0.457 e. The van der Waals surface area contributed by atoms with E-state index in [0.29, 0.717) is 29.4 Å². The Labute approximate surface area is 283 Å². The van der Waals surface area contributed by atoms with Crippen molar-refractivity contribution in [2.75, 3.05) is 11.9 Å². The van der Waals surface area contributed by atoms with Crippen LogP contribution < -0.4 is 5.32 Å². The van der Waals surface area contributed by atoms with E-state index >= 15 is 4.39 Å². The Balaban J connectivity index is 1.18. The molecule has 1 saturated heterocycles. The summed E-state index contributed by atoms with van der Waals surface area (Å²) in [5.74, 6) is -1.14. The number of carbonyl (C=O) groups excluding carboxylic acids is 4. The number of fused-ring (bicyclic) bond motifs is 1. The van der Waals surface area contributed by atoms with Crippen LogP contribution in [0.4, 0.5) is 15.0 Å². The number of hydrogen-bond acceptors (Lipinski definition) is 8. The highest BCUT2D eigenvalue weighted by atomic mass is 19.1. The second kappa shape index (κ2) is 13.8. The van der Waals surface area contributed by atoms with Crippen LogP contribution in [0.1, 0.15) is 80.8 Å². The van der Waals surface area contributed by atoms with E-state index < -0.39 is 41.2 Å². The number of benzene rings is 2. The summed E-state index contributed by atoms with van der Waals surface area (Å²) in [5, 5.41) is 6.83. The number of pyridine rings is 1. The summed E-state index contributed by atoms with van der Waals surface area (Å²) >= 11 is 0. The van der Waals surface area contributed by atoms with E-state index in [1.807, 2.05) is 30.3 Å². The zero-order chi connectivity index (χ0) is 34.8. The molecule has 49 heavy (non-hydrogen) atoms. The van der Waals surface area contributed by atoms with Gasteiger partial charge in [0.25, 0.3) is 0 Å². The van der Waals surface area contributed by atoms with Crippen molar-refractivity contribution in [3.8, 4) is 0 Å². The quantitative estimate of drug-likeness (QED) is 0.225. The van der Waals surface area contributed by atoms with Gasteiger partial charge in [-0.2, -0.15) is 9.78 Å². The second-order valence-electron chi connectivity index (χ2n) is 13.7. The zero-order valence-corrected chi connectivity index (χ0v) is 27.9. The molecule has 0 unspecified atom stereocenters. The van der Waals surface area contributed by atoms with Crippen LogP contribution in [0.3, 0.4) is 0 Å². The van der Waals surface area contributed by atoms with E-state index in [-0.39, 0.29) is 31.3 Å². The number of nitrogens with zero attached hydrogens (tertiary/aromatic N) is 4. The van der Waals surface area contributed by atoms with E-state index in [1.165, 1.54) is 17.2 Å². The SMILES string of the molecule is CC(C)(C)OC(=O)n1ncc2nc(NC(=O)[C@H]3C[C@@H](F)CN3C(=O)C3(c4ccc(C(=O)OCc5ccccc5)cc4)CCCCC3)ccc21. The predicted octanol–water partition coefficient (Wildman–Crippen LogP) is 6.35. The van der Waals surface area contributed by atoms with Crippen molar-refractivity contribution in [2.24, 2.45) is 0 Å². The molecule has 2 atom stereocenters. The van der Waals surface area contributed by atoms with Crippen LogP contribution in [0.15, 0.2) is 72.9 Å². The predicted molar refractivity (Wildman–Crippen MR) is 180 cm³/mol. The molecular formula is C37H40FN5O6. The topological polar surface area (TPSA) is 133 Å². The van der Waals surface area contributed by atoms with Gasteiger partial charge in [-0.25, -0.2) is 19.0 Å². The minimum Gasteiger partial charge on any atom is -0.457 e. The Morgan fingerprint density at radius 3 is 2.37 bits per heavy atom. The number of anilines is 1. The normalized spacial score (nSPS) is 19.0. The third-order valence-corrected chi connectivity index (χ3v) is 9.06. The van der Waals surface area contributed by atoms with Crippen molar-refractivity contribution >= 4 is 40.7 Å². The van der Waals surface area contributed by atoms with Gasteiger partial charge in [-0.15, -0.1) is 0 Å². The number of halogens is 1. The average molecular weight is 670 g/mol. The third-order valence-electron chi connectivity index (χ3n) is 9.06. The van der Waals surface area contributed by atoms with Crippen molar-refractivity contribution in [1.82, 2.24) is 19.7 Å². The molecule has 1 N–H and O–H groups in total. The number of amides is 2. The minimum atomic E-state index is -1.37. The first kappa shape index (κ1) is 33.8. The van der Waals surface area contributed by atoms with Gasteiger partial charge in [0, 0.05) is 6.42 Å². The van der Waals surface area contributed by atoms with Gasteiger partial charge in [-0.05, 0) is 69.0 Å². The van der Waals surface area contributed by atoms with Crippen LogP contribution in [0.2, 0.25) is 0 Å². The van der Waals surface area contributed by atoms with Gasteiger partial charge in [-0.3, -0.25) is 9.59 Å². The van der Waals surface area contributed by atoms with Crippen LogP contribution in [-0.2, 0) is 31.1 Å². The summed E-state index contributed by atoms with van der Waals surface area (Å²) in [7, 11) is 0. The Morgan fingerprint density at radius 2 is 1.67 bits per heavy atom. The standard InChI is InChI=1S/C37H40FN5O6/c1-36(2,3)49-35(47)43-29-16-17-31(40-28(29)21-39-43)41-32(44)30-20-27(38)22-42(30)34(46)37(18-8-5-9-19-37)26-14-12-25(13-15-26)33(45)48-23-24-10-6-4-7-11-24/h4,6-7,10-17,21,27,30H,5,8-9,18-20,22-23H2,1-3H3,(H,40,41,44)/t27-,30-/m1/s1. The number of ether oxygens (including phenoxy) is 2. The Bertz CT molecular complexity index is 1850. The summed E-state index contributed by atoms with van der Waals surface area (Å²) in [6.45, 7) is 5.20. The fourth-order valence-electron chi connectivity index (χ4n) is 6.69. The molecule has 256 valence electrons. The van der Waals surface area contributed by atoms with Crippen LogP contribution in [0.25, 0.3) is 11.0 Å². The molecule has 2 fully saturated rings. The molecule has 1 aliphatic heterocycles. The van der Waals surface area contributed by atoms with Crippen molar-refractivity contribution in [3.05, 3.63) is 89.6 Å². The number of rotatable bonds is 7. The average Bonchev–Trinajstić information content (AvgIpc) is 3.70. The van der Waals surface area contributed by atoms with Crippen LogP contribution in [0, 0.1) is 0 Å². The number of esters is 1. The van der Waals surface area contributed by atoms with E-state index in [2.05, 4.69) is 15.4 Å². The summed E-state index contributed by atoms with van der Waals surface area (Å²) in [6, 6.07) is 18.3. The number of aromatic nitrogens is 3. The fraction of sp³-hybridized carbons (Fsp3) is 0.405. The lowest BCUT2D eigenvalue weighted by molar-refractivity contribution is -0.143. The van der Waals surface area contributed by atoms with Gasteiger partial charge in [0.1, 0.15) is 35.8 Å². The van der Waals surface area contributed by atoms with E-state index in [1.54, 1.807) is 51.1 Å². The van der Waals surface area contributed by atoms with Gasteiger partial charge < -0.3 is 19.7 Å². The molecule has 2 aromatic carbocycles. The van der Waals surface area contributed by atoms with E-state index in [9.17, 15) is 19.2 Å². The maximum atomic E-state index is 15.0. The van der Waals surface area contributed by atoms with Gasteiger partial charge in [0.2, 0.25) is 11.8 Å². The molecule has 2 aliphatic rings. The molecule has 1 saturated carbocycles. The fourth-order valence-corrected chi connectivity index (χ4v) is 6.69. The first-order chi connectivity index (χ1) is 23.4. The Hall–Kier alpha value is -5.13. The van der Waals surface area contributed by atoms with Crippen LogP contribution in [-0.4, -0.2) is 67.9 Å². The maximum Gasteiger partial charge on any atom is 0.435 e. The highest BCUT2D eigenvalue weighted by Crippen LogP contribution is 2.43. The van der Waals surface area contributed by atoms with Crippen molar-refractivity contribution < 1.29 is 33.0 Å². The Morgan fingerprint density at radius 1 is 0.959 bits per heavy atom. The summed E-state index contributed by atoms with van der Waals surface area (Å²) in [4.78, 5) is 59.2. The lowest BCUT2D eigenvalue weighted by atomic mass is 9.68. The molecule has 12 heteroatoms. The first-order valence-electron chi connectivity index (χ1n) is 16.6. The smallest absolute Gasteiger partial charge is 0.435 e. The molecule has 4 aromatic rings. The van der Waals surface area contributed by atoms with Crippen molar-refractivity contribution in [3.63, 3.8) is 0 Å². The molecular weight excluding hydrogens is 629 g/mol.